The monoisotopic (exact) mass is 386 g/mol. The third-order valence-corrected chi connectivity index (χ3v) is 3.02. The van der Waals surface area contributed by atoms with Gasteiger partial charge in [0.15, 0.2) is 0 Å². The molecule has 0 amide bonds. The average Bonchev–Trinajstić information content (AvgIpc) is 2.13. The highest BCUT2D eigenvalue weighted by Crippen LogP contribution is 2.37. The molecule has 0 aliphatic carbocycles. The Bertz CT molecular complexity index is 444. The Hall–Kier alpha value is -0.780. The number of ether oxygens (including phenoxy) is 1. The second kappa shape index (κ2) is 5.07. The van der Waals surface area contributed by atoms with Gasteiger partial charge in [-0.1, -0.05) is 0 Å². The van der Waals surface area contributed by atoms with Gasteiger partial charge in [-0.25, -0.2) is 4.98 Å². The van der Waals surface area contributed by atoms with E-state index in [1.165, 1.54) is 22.6 Å². The second-order valence-electron chi connectivity index (χ2n) is 3.02. The number of halogens is 7. The van der Waals surface area contributed by atoms with Gasteiger partial charge in [-0.2, -0.15) is 13.2 Å². The van der Waals surface area contributed by atoms with Crippen LogP contribution in [0.1, 0.15) is 11.1 Å². The molecule has 10 heteroatoms. The van der Waals surface area contributed by atoms with Gasteiger partial charge in [-0.3, -0.25) is 0 Å². The van der Waals surface area contributed by atoms with Crippen LogP contribution >= 0.6 is 22.6 Å². The molecule has 0 radical (unpaired) electrons. The normalized spacial score (nSPS) is 12.7. The first-order chi connectivity index (χ1) is 8.06. The SMILES string of the molecule is NCc1c(OC(F)(F)F)ncc(C(F)(F)F)c1I. The van der Waals surface area contributed by atoms with E-state index in [0.29, 0.717) is 0 Å². The van der Waals surface area contributed by atoms with Crippen LogP contribution in [0.5, 0.6) is 5.88 Å². The Morgan fingerprint density at radius 1 is 1.22 bits per heavy atom. The number of rotatable bonds is 2. The van der Waals surface area contributed by atoms with E-state index in [1.807, 2.05) is 0 Å². The molecule has 1 aromatic heterocycles. The van der Waals surface area contributed by atoms with Gasteiger partial charge in [0, 0.05) is 21.9 Å². The molecule has 2 N–H and O–H groups in total. The van der Waals surface area contributed by atoms with Gasteiger partial charge >= 0.3 is 12.5 Å². The highest BCUT2D eigenvalue weighted by molar-refractivity contribution is 14.1. The average molecular weight is 386 g/mol. The lowest BCUT2D eigenvalue weighted by molar-refractivity contribution is -0.276. The predicted octanol–water partition coefficient (Wildman–Crippen LogP) is 3.06. The Morgan fingerprint density at radius 2 is 1.78 bits per heavy atom. The summed E-state index contributed by atoms with van der Waals surface area (Å²) in [6.45, 7) is -0.555. The van der Waals surface area contributed by atoms with Gasteiger partial charge in [0.25, 0.3) is 0 Å². The maximum atomic E-state index is 12.5. The predicted molar refractivity (Wildman–Crippen MR) is 56.5 cm³/mol. The summed E-state index contributed by atoms with van der Waals surface area (Å²) in [7, 11) is 0. The van der Waals surface area contributed by atoms with Crippen LogP contribution in [0.25, 0.3) is 0 Å². The molecule has 0 aliphatic rings. The summed E-state index contributed by atoms with van der Waals surface area (Å²) < 4.78 is 76.5. The first-order valence-electron chi connectivity index (χ1n) is 4.26. The van der Waals surface area contributed by atoms with Gasteiger partial charge in [0.1, 0.15) is 0 Å². The van der Waals surface area contributed by atoms with Crippen molar-refractivity contribution in [2.24, 2.45) is 5.73 Å². The number of hydrogen-bond acceptors (Lipinski definition) is 3. The van der Waals surface area contributed by atoms with Crippen LogP contribution in [0.15, 0.2) is 6.20 Å². The zero-order valence-electron chi connectivity index (χ0n) is 8.36. The Morgan fingerprint density at radius 3 is 2.17 bits per heavy atom. The second-order valence-corrected chi connectivity index (χ2v) is 4.10. The lowest BCUT2D eigenvalue weighted by atomic mass is 10.2. The zero-order valence-corrected chi connectivity index (χ0v) is 10.5. The van der Waals surface area contributed by atoms with Crippen molar-refractivity contribution in [2.45, 2.75) is 19.1 Å². The van der Waals surface area contributed by atoms with Gasteiger partial charge in [-0.15, -0.1) is 13.2 Å². The molecule has 102 valence electrons. The molecule has 0 unspecified atom stereocenters. The van der Waals surface area contributed by atoms with Crippen molar-refractivity contribution in [3.8, 4) is 5.88 Å². The van der Waals surface area contributed by atoms with Crippen molar-refractivity contribution in [1.29, 1.82) is 0 Å². The molecule has 0 aromatic carbocycles. The van der Waals surface area contributed by atoms with Crippen LogP contribution in [-0.4, -0.2) is 11.3 Å². The van der Waals surface area contributed by atoms with Crippen molar-refractivity contribution in [2.75, 3.05) is 0 Å². The molecular formula is C8H5F6IN2O. The van der Waals surface area contributed by atoms with Crippen molar-refractivity contribution >= 4 is 22.6 Å². The minimum atomic E-state index is -5.04. The number of alkyl halides is 6. The van der Waals surface area contributed by atoms with E-state index < -0.39 is 39.7 Å². The summed E-state index contributed by atoms with van der Waals surface area (Å²) in [5.74, 6) is -0.970. The van der Waals surface area contributed by atoms with E-state index in [0.717, 1.165) is 0 Å². The maximum absolute atomic E-state index is 12.5. The van der Waals surface area contributed by atoms with Crippen molar-refractivity contribution < 1.29 is 31.1 Å². The topological polar surface area (TPSA) is 48.1 Å². The van der Waals surface area contributed by atoms with E-state index in [-0.39, 0.29) is 6.20 Å². The minimum Gasteiger partial charge on any atom is -0.387 e. The van der Waals surface area contributed by atoms with Crippen LogP contribution in [0.4, 0.5) is 26.3 Å². The van der Waals surface area contributed by atoms with Crippen LogP contribution in [0, 0.1) is 3.57 Å². The largest absolute Gasteiger partial charge is 0.574 e. The lowest BCUT2D eigenvalue weighted by Gasteiger charge is -2.16. The van der Waals surface area contributed by atoms with E-state index in [1.54, 1.807) is 0 Å². The lowest BCUT2D eigenvalue weighted by Crippen LogP contribution is -2.21. The Balaban J connectivity index is 3.30. The van der Waals surface area contributed by atoms with Crippen LogP contribution in [0.3, 0.4) is 0 Å². The standard InChI is InChI=1S/C8H5F6IN2O/c9-7(10,11)4-2-17-6(18-8(12,13)14)3(1-16)5(4)15/h2H,1,16H2. The third-order valence-electron chi connectivity index (χ3n) is 1.79. The van der Waals surface area contributed by atoms with Gasteiger partial charge < -0.3 is 10.5 Å². The Kier molecular flexibility index (Phi) is 4.30. The molecule has 0 spiro atoms. The van der Waals surface area contributed by atoms with Crippen molar-refractivity contribution in [1.82, 2.24) is 4.98 Å². The molecule has 1 aromatic rings. The number of nitrogens with zero attached hydrogens (tertiary/aromatic N) is 1. The van der Waals surface area contributed by atoms with E-state index >= 15 is 0 Å². The molecule has 3 nitrogen and oxygen atoms in total. The van der Waals surface area contributed by atoms with Crippen LogP contribution in [0.2, 0.25) is 0 Å². The fourth-order valence-electron chi connectivity index (χ4n) is 1.09. The molecular weight excluding hydrogens is 381 g/mol. The molecule has 18 heavy (non-hydrogen) atoms. The smallest absolute Gasteiger partial charge is 0.387 e. The zero-order chi connectivity index (χ0) is 14.1. The van der Waals surface area contributed by atoms with Crippen LogP contribution in [-0.2, 0) is 12.7 Å². The summed E-state index contributed by atoms with van der Waals surface area (Å²) >= 11 is 1.26. The van der Waals surface area contributed by atoms with Crippen LogP contribution < -0.4 is 10.5 Å². The van der Waals surface area contributed by atoms with E-state index in [4.69, 9.17) is 5.73 Å². The summed E-state index contributed by atoms with van der Waals surface area (Å²) in [6.07, 6.45) is -9.48. The molecule has 1 rings (SSSR count). The molecule has 0 saturated carbocycles. The number of pyridine rings is 1. The summed E-state index contributed by atoms with van der Waals surface area (Å²) in [5, 5.41) is 0. The highest BCUT2D eigenvalue weighted by Gasteiger charge is 2.37. The summed E-state index contributed by atoms with van der Waals surface area (Å²) in [5.41, 5.74) is 3.53. The molecule has 0 fully saturated rings. The first kappa shape index (κ1) is 15.3. The van der Waals surface area contributed by atoms with Crippen molar-refractivity contribution in [3.63, 3.8) is 0 Å². The molecule has 1 heterocycles. The molecule has 0 bridgehead atoms. The Labute approximate surface area is 110 Å². The van der Waals surface area contributed by atoms with E-state index in [9.17, 15) is 26.3 Å². The quantitative estimate of drug-likeness (QED) is 0.628. The first-order valence-corrected chi connectivity index (χ1v) is 5.34. The maximum Gasteiger partial charge on any atom is 0.574 e. The number of aromatic nitrogens is 1. The summed E-state index contributed by atoms with van der Waals surface area (Å²) in [6, 6.07) is 0. The number of nitrogens with two attached hydrogens (primary N) is 1. The van der Waals surface area contributed by atoms with Gasteiger partial charge in [-0.05, 0) is 22.6 Å². The third kappa shape index (κ3) is 3.60. The fraction of sp³-hybridized carbons (Fsp3) is 0.375. The van der Waals surface area contributed by atoms with Gasteiger partial charge in [0.2, 0.25) is 5.88 Å². The fourth-order valence-corrected chi connectivity index (χ4v) is 1.98. The van der Waals surface area contributed by atoms with Crippen molar-refractivity contribution in [3.05, 3.63) is 20.9 Å². The molecule has 0 atom stereocenters. The molecule has 0 aliphatic heterocycles. The molecule has 0 saturated heterocycles. The van der Waals surface area contributed by atoms with E-state index in [2.05, 4.69) is 9.72 Å². The number of hydrogen-bond donors (Lipinski definition) is 1. The summed E-state index contributed by atoms with van der Waals surface area (Å²) in [4.78, 5) is 3.02. The highest BCUT2D eigenvalue weighted by atomic mass is 127. The minimum absolute atomic E-state index is 0.280. The van der Waals surface area contributed by atoms with Gasteiger partial charge in [0.05, 0.1) is 5.56 Å².